The molecule has 24 heavy (non-hydrogen) atoms. The summed E-state index contributed by atoms with van der Waals surface area (Å²) >= 11 is 6.39. The van der Waals surface area contributed by atoms with Crippen molar-refractivity contribution in [2.45, 2.75) is 57.4 Å². The molecule has 1 fully saturated rings. The van der Waals surface area contributed by atoms with E-state index in [-0.39, 0.29) is 0 Å². The largest absolute Gasteiger partial charge is 0.480 e. The third-order valence-electron chi connectivity index (χ3n) is 5.48. The zero-order valence-electron chi connectivity index (χ0n) is 14.3. The number of anilines is 1. The second-order valence-electron chi connectivity index (χ2n) is 7.10. The Balaban J connectivity index is 1.94. The maximum atomic E-state index is 11.4. The molecule has 0 saturated carbocycles. The molecule has 1 aromatic carbocycles. The molecule has 5 heteroatoms. The molecule has 2 atom stereocenters. The lowest BCUT2D eigenvalue weighted by atomic mass is 9.77. The van der Waals surface area contributed by atoms with Crippen LogP contribution in [0.25, 0.3) is 0 Å². The summed E-state index contributed by atoms with van der Waals surface area (Å²) < 4.78 is 0. The summed E-state index contributed by atoms with van der Waals surface area (Å²) in [5.74, 6) is 0.311. The molecule has 4 nitrogen and oxygen atoms in total. The van der Waals surface area contributed by atoms with Gasteiger partial charge >= 0.3 is 5.97 Å². The van der Waals surface area contributed by atoms with Gasteiger partial charge in [0.05, 0.1) is 0 Å². The lowest BCUT2D eigenvalue weighted by Gasteiger charge is -2.32. The minimum atomic E-state index is -0.791. The number of hydrogen-bond donors (Lipinski definition) is 3. The van der Waals surface area contributed by atoms with Gasteiger partial charge in [-0.15, -0.1) is 0 Å². The molecule has 0 bridgehead atoms. The molecule has 2 heterocycles. The minimum absolute atomic E-state index is 0.458. The molecule has 3 rings (SSSR count). The van der Waals surface area contributed by atoms with E-state index in [1.807, 2.05) is 6.07 Å². The summed E-state index contributed by atoms with van der Waals surface area (Å²) in [6.07, 6.45) is 6.39. The van der Waals surface area contributed by atoms with E-state index >= 15 is 0 Å². The van der Waals surface area contributed by atoms with Crippen molar-refractivity contribution in [3.8, 4) is 0 Å². The monoisotopic (exact) mass is 350 g/mol. The predicted molar refractivity (Wildman–Crippen MR) is 98.1 cm³/mol. The quantitative estimate of drug-likeness (QED) is 0.724. The third-order valence-corrected chi connectivity index (χ3v) is 5.70. The first kappa shape index (κ1) is 17.6. The molecular formula is C19H27ClN2O2. The van der Waals surface area contributed by atoms with E-state index < -0.39 is 12.0 Å². The van der Waals surface area contributed by atoms with Gasteiger partial charge in [-0.1, -0.05) is 31.4 Å². The van der Waals surface area contributed by atoms with Crippen LogP contribution >= 0.6 is 11.6 Å². The van der Waals surface area contributed by atoms with E-state index in [0.29, 0.717) is 18.3 Å². The number of carboxylic acid groups (broad SMARTS) is 1. The molecule has 132 valence electrons. The van der Waals surface area contributed by atoms with Crippen LogP contribution in [0.5, 0.6) is 0 Å². The average Bonchev–Trinajstić information content (AvgIpc) is 3.00. The highest BCUT2D eigenvalue weighted by molar-refractivity contribution is 6.30. The Kier molecular flexibility index (Phi) is 5.67. The Morgan fingerprint density at radius 1 is 1.38 bits per heavy atom. The average molecular weight is 351 g/mol. The van der Waals surface area contributed by atoms with Crippen molar-refractivity contribution in [1.29, 1.82) is 0 Å². The number of aliphatic carboxylic acids is 1. The summed E-state index contributed by atoms with van der Waals surface area (Å²) in [5.41, 5.74) is 3.33. The van der Waals surface area contributed by atoms with Crippen molar-refractivity contribution in [3.63, 3.8) is 0 Å². The molecule has 0 aliphatic carbocycles. The molecule has 0 amide bonds. The Bertz CT molecular complexity index is 599. The Labute approximate surface area is 149 Å². The second kappa shape index (κ2) is 7.75. The van der Waals surface area contributed by atoms with Gasteiger partial charge in [0.15, 0.2) is 0 Å². The van der Waals surface area contributed by atoms with Crippen LogP contribution in [0, 0.1) is 5.92 Å². The van der Waals surface area contributed by atoms with Crippen molar-refractivity contribution in [2.75, 3.05) is 18.4 Å². The number of benzene rings is 1. The lowest BCUT2D eigenvalue weighted by Crippen LogP contribution is -2.31. The minimum Gasteiger partial charge on any atom is -0.480 e. The standard InChI is InChI=1S/C19H27ClN2O2/c1-2-3-4-15(12-5-7-21-8-6-12)16-11-14(20)9-13-10-17(19(23)24)22-18(13)16/h9,11-12,15,17,21-22H,2-8,10H2,1H3,(H,23,24). The number of piperidine rings is 1. The van der Waals surface area contributed by atoms with Crippen LogP contribution in [0.2, 0.25) is 5.02 Å². The fourth-order valence-corrected chi connectivity index (χ4v) is 4.48. The first-order valence-electron chi connectivity index (χ1n) is 9.12. The van der Waals surface area contributed by atoms with Crippen LogP contribution in [0.3, 0.4) is 0 Å². The zero-order chi connectivity index (χ0) is 17.1. The maximum Gasteiger partial charge on any atom is 0.326 e. The number of fused-ring (bicyclic) bond motifs is 1. The first-order chi connectivity index (χ1) is 11.6. The summed E-state index contributed by atoms with van der Waals surface area (Å²) in [7, 11) is 0. The molecule has 0 aromatic heterocycles. The van der Waals surface area contributed by atoms with Crippen molar-refractivity contribution in [2.24, 2.45) is 5.92 Å². The summed E-state index contributed by atoms with van der Waals surface area (Å²) in [6.45, 7) is 4.36. The molecule has 2 unspecified atom stereocenters. The normalized spacial score (nSPS) is 22.0. The van der Waals surface area contributed by atoms with Gasteiger partial charge in [0.25, 0.3) is 0 Å². The van der Waals surface area contributed by atoms with Gasteiger partial charge in [-0.05, 0) is 67.4 Å². The second-order valence-corrected chi connectivity index (χ2v) is 7.54. The van der Waals surface area contributed by atoms with Gasteiger partial charge in [0.2, 0.25) is 0 Å². The van der Waals surface area contributed by atoms with Crippen LogP contribution in [0.1, 0.15) is 56.1 Å². The highest BCUT2D eigenvalue weighted by Gasteiger charge is 2.33. The Hall–Kier alpha value is -1.26. The number of rotatable bonds is 6. The highest BCUT2D eigenvalue weighted by Crippen LogP contribution is 2.43. The summed E-state index contributed by atoms with van der Waals surface area (Å²) in [5, 5.41) is 16.8. The SMILES string of the molecule is CCCCC(c1cc(Cl)cc2c1NC(C(=O)O)C2)C1CCNCC1. The first-order valence-corrected chi connectivity index (χ1v) is 9.50. The van der Waals surface area contributed by atoms with Gasteiger partial charge in [-0.25, -0.2) is 4.79 Å². The number of carbonyl (C=O) groups is 1. The van der Waals surface area contributed by atoms with Gasteiger partial charge in [0, 0.05) is 17.1 Å². The summed E-state index contributed by atoms with van der Waals surface area (Å²) in [6, 6.07) is 3.47. The van der Waals surface area contributed by atoms with E-state index in [2.05, 4.69) is 23.6 Å². The predicted octanol–water partition coefficient (Wildman–Crippen LogP) is 4.03. The molecule has 3 N–H and O–H groups in total. The molecule has 2 aliphatic heterocycles. The number of hydrogen-bond acceptors (Lipinski definition) is 3. The smallest absolute Gasteiger partial charge is 0.326 e. The van der Waals surface area contributed by atoms with E-state index in [1.54, 1.807) is 0 Å². The Morgan fingerprint density at radius 3 is 2.79 bits per heavy atom. The van der Waals surface area contributed by atoms with Crippen LogP contribution < -0.4 is 10.6 Å². The van der Waals surface area contributed by atoms with Gasteiger partial charge in [-0.2, -0.15) is 0 Å². The van der Waals surface area contributed by atoms with Crippen molar-refractivity contribution < 1.29 is 9.90 Å². The maximum absolute atomic E-state index is 11.4. The zero-order valence-corrected chi connectivity index (χ0v) is 15.0. The highest BCUT2D eigenvalue weighted by atomic mass is 35.5. The fourth-order valence-electron chi connectivity index (χ4n) is 4.23. The van der Waals surface area contributed by atoms with Crippen LogP contribution in [0.4, 0.5) is 5.69 Å². The Morgan fingerprint density at radius 2 is 2.12 bits per heavy atom. The fraction of sp³-hybridized carbons (Fsp3) is 0.632. The van der Waals surface area contributed by atoms with Gasteiger partial charge in [-0.3, -0.25) is 0 Å². The number of nitrogens with one attached hydrogen (secondary N) is 2. The number of carboxylic acids is 1. The van der Waals surface area contributed by atoms with E-state index in [0.717, 1.165) is 35.8 Å². The molecule has 0 spiro atoms. The van der Waals surface area contributed by atoms with Crippen LogP contribution in [-0.2, 0) is 11.2 Å². The third kappa shape index (κ3) is 3.70. The molecule has 1 saturated heterocycles. The van der Waals surface area contributed by atoms with Crippen LogP contribution in [-0.4, -0.2) is 30.2 Å². The molecule has 1 aromatic rings. The van der Waals surface area contributed by atoms with E-state index in [1.165, 1.54) is 31.2 Å². The van der Waals surface area contributed by atoms with Crippen molar-refractivity contribution in [1.82, 2.24) is 5.32 Å². The number of unbranched alkanes of at least 4 members (excludes halogenated alkanes) is 1. The molecular weight excluding hydrogens is 324 g/mol. The van der Waals surface area contributed by atoms with Crippen molar-refractivity contribution in [3.05, 3.63) is 28.3 Å². The molecule has 0 radical (unpaired) electrons. The van der Waals surface area contributed by atoms with Gasteiger partial charge in [0.1, 0.15) is 6.04 Å². The summed E-state index contributed by atoms with van der Waals surface area (Å²) in [4.78, 5) is 11.4. The molecule has 2 aliphatic rings. The van der Waals surface area contributed by atoms with Gasteiger partial charge < -0.3 is 15.7 Å². The van der Waals surface area contributed by atoms with E-state index in [4.69, 9.17) is 11.6 Å². The van der Waals surface area contributed by atoms with Crippen molar-refractivity contribution >= 4 is 23.3 Å². The van der Waals surface area contributed by atoms with E-state index in [9.17, 15) is 9.90 Å². The number of halogens is 1. The lowest BCUT2D eigenvalue weighted by molar-refractivity contribution is -0.137. The topological polar surface area (TPSA) is 61.4 Å². The van der Waals surface area contributed by atoms with Crippen LogP contribution in [0.15, 0.2) is 12.1 Å².